The standard InChI is InChI=1S/C20H22B3N7O3/c1-24-16-9-15(28-14-6-3-7-25-19(14)33-20(21,22)23)29-17-13(10-26-30(16)17)18(32)27-11-4-2-5-12(31)8-11/h3,6-7,9-12,24,31H,2,4-5,8H2,1H3,(H,27,32)(H,28,29)/t11-,12-/m0/s1. The zero-order valence-electron chi connectivity index (χ0n) is 18.2. The van der Waals surface area contributed by atoms with Crippen molar-refractivity contribution in [3.05, 3.63) is 36.2 Å². The van der Waals surface area contributed by atoms with Crippen molar-refractivity contribution in [1.82, 2.24) is 24.9 Å². The van der Waals surface area contributed by atoms with Gasteiger partial charge in [-0.05, 0) is 43.1 Å². The topological polar surface area (TPSA) is 126 Å². The molecule has 1 saturated carbocycles. The highest BCUT2D eigenvalue weighted by Crippen LogP contribution is 2.28. The summed E-state index contributed by atoms with van der Waals surface area (Å²) in [6, 6.07) is 4.99. The van der Waals surface area contributed by atoms with Crippen LogP contribution in [0.25, 0.3) is 5.65 Å². The molecule has 0 aliphatic heterocycles. The van der Waals surface area contributed by atoms with Crippen LogP contribution < -0.4 is 20.7 Å². The Hall–Kier alpha value is -3.21. The molecule has 6 radical (unpaired) electrons. The second-order valence-corrected chi connectivity index (χ2v) is 8.00. The number of ether oxygens (including phenoxy) is 1. The normalized spacial score (nSPS) is 18.6. The lowest BCUT2D eigenvalue weighted by Crippen LogP contribution is -2.39. The highest BCUT2D eigenvalue weighted by atomic mass is 16.5. The molecule has 10 nitrogen and oxygen atoms in total. The summed E-state index contributed by atoms with van der Waals surface area (Å²) < 4.78 is 6.83. The molecule has 0 bridgehead atoms. The highest BCUT2D eigenvalue weighted by molar-refractivity contribution is 6.58. The molecule has 3 aromatic heterocycles. The average molecular weight is 441 g/mol. The molecule has 1 aliphatic rings. The van der Waals surface area contributed by atoms with E-state index < -0.39 is 11.4 Å². The van der Waals surface area contributed by atoms with Gasteiger partial charge in [-0.1, -0.05) is 0 Å². The van der Waals surface area contributed by atoms with E-state index in [0.29, 0.717) is 35.0 Å². The van der Waals surface area contributed by atoms with E-state index in [1.165, 1.54) is 16.9 Å². The molecule has 1 aliphatic carbocycles. The largest absolute Gasteiger partial charge is 0.499 e. The summed E-state index contributed by atoms with van der Waals surface area (Å²) in [5, 5.41) is 21.4. The first kappa shape index (κ1) is 23.0. The molecule has 33 heavy (non-hydrogen) atoms. The lowest BCUT2D eigenvalue weighted by molar-refractivity contribution is 0.0851. The summed E-state index contributed by atoms with van der Waals surface area (Å²) in [5.41, 5.74) is 1.07. The van der Waals surface area contributed by atoms with Gasteiger partial charge in [0.15, 0.2) is 5.65 Å². The molecular formula is C20H22B3N7O3. The minimum Gasteiger partial charge on any atom is -0.499 e. The second kappa shape index (κ2) is 9.34. The third-order valence-corrected chi connectivity index (χ3v) is 5.26. The summed E-state index contributed by atoms with van der Waals surface area (Å²) in [4.78, 5) is 21.6. The molecule has 0 saturated heterocycles. The van der Waals surface area contributed by atoms with Gasteiger partial charge in [0, 0.05) is 25.4 Å². The van der Waals surface area contributed by atoms with Crippen LogP contribution in [0.2, 0.25) is 0 Å². The van der Waals surface area contributed by atoms with E-state index in [2.05, 4.69) is 31.0 Å². The van der Waals surface area contributed by atoms with Gasteiger partial charge in [-0.3, -0.25) is 4.79 Å². The average Bonchev–Trinajstić information content (AvgIpc) is 3.18. The van der Waals surface area contributed by atoms with Crippen molar-refractivity contribution < 1.29 is 14.6 Å². The van der Waals surface area contributed by atoms with E-state index >= 15 is 0 Å². The van der Waals surface area contributed by atoms with Crippen LogP contribution in [-0.4, -0.2) is 78.6 Å². The fourth-order valence-electron chi connectivity index (χ4n) is 3.80. The predicted molar refractivity (Wildman–Crippen MR) is 126 cm³/mol. The molecule has 0 unspecified atom stereocenters. The Bertz CT molecular complexity index is 1150. The van der Waals surface area contributed by atoms with Gasteiger partial charge >= 0.3 is 0 Å². The van der Waals surface area contributed by atoms with Crippen LogP contribution >= 0.6 is 0 Å². The van der Waals surface area contributed by atoms with Crippen LogP contribution in [0.15, 0.2) is 30.6 Å². The van der Waals surface area contributed by atoms with Gasteiger partial charge < -0.3 is 25.8 Å². The number of hydrogen-bond donors (Lipinski definition) is 4. The van der Waals surface area contributed by atoms with Gasteiger partial charge in [-0.25, -0.2) is 9.97 Å². The number of rotatable bonds is 7. The van der Waals surface area contributed by atoms with Crippen LogP contribution in [0, 0.1) is 0 Å². The molecule has 4 rings (SSSR count). The monoisotopic (exact) mass is 441 g/mol. The fourth-order valence-corrected chi connectivity index (χ4v) is 3.80. The number of carbonyl (C=O) groups excluding carboxylic acids is 1. The van der Waals surface area contributed by atoms with E-state index in [4.69, 9.17) is 28.3 Å². The Balaban J connectivity index is 1.64. The Morgan fingerprint density at radius 2 is 2.15 bits per heavy atom. The van der Waals surface area contributed by atoms with Crippen molar-refractivity contribution >= 4 is 52.4 Å². The van der Waals surface area contributed by atoms with Crippen LogP contribution in [0.4, 0.5) is 17.3 Å². The van der Waals surface area contributed by atoms with Crippen molar-refractivity contribution in [2.75, 3.05) is 17.7 Å². The summed E-state index contributed by atoms with van der Waals surface area (Å²) >= 11 is 0. The van der Waals surface area contributed by atoms with Crippen molar-refractivity contribution in [3.8, 4) is 5.88 Å². The molecule has 1 amide bonds. The van der Waals surface area contributed by atoms with E-state index in [-0.39, 0.29) is 17.8 Å². The third kappa shape index (κ3) is 5.41. The number of anilines is 3. The first-order valence-corrected chi connectivity index (χ1v) is 10.6. The summed E-state index contributed by atoms with van der Waals surface area (Å²) in [6.07, 6.45) is 5.53. The van der Waals surface area contributed by atoms with Crippen molar-refractivity contribution in [2.45, 2.75) is 43.1 Å². The number of amides is 1. The van der Waals surface area contributed by atoms with Crippen LogP contribution in [0.5, 0.6) is 5.88 Å². The molecule has 4 N–H and O–H groups in total. The van der Waals surface area contributed by atoms with Crippen LogP contribution in [-0.2, 0) is 0 Å². The number of aliphatic hydroxyl groups is 1. The molecule has 3 aromatic rings. The molecule has 0 spiro atoms. The summed E-state index contributed by atoms with van der Waals surface area (Å²) in [5.74, 6) is 0.760. The van der Waals surface area contributed by atoms with E-state index in [0.717, 1.165) is 19.3 Å². The molecule has 2 atom stereocenters. The molecular weight excluding hydrogens is 419 g/mol. The Labute approximate surface area is 195 Å². The quantitative estimate of drug-likeness (QED) is 0.390. The molecule has 0 aromatic carbocycles. The maximum Gasteiger partial charge on any atom is 0.256 e. The first-order chi connectivity index (χ1) is 15.7. The zero-order chi connectivity index (χ0) is 23.6. The number of nitrogens with zero attached hydrogens (tertiary/aromatic N) is 4. The Morgan fingerprint density at radius 1 is 1.33 bits per heavy atom. The number of aromatic nitrogens is 4. The van der Waals surface area contributed by atoms with Gasteiger partial charge in [-0.2, -0.15) is 9.61 Å². The van der Waals surface area contributed by atoms with Crippen molar-refractivity contribution in [1.29, 1.82) is 0 Å². The van der Waals surface area contributed by atoms with E-state index in [9.17, 15) is 9.90 Å². The minimum atomic E-state index is -1.91. The smallest absolute Gasteiger partial charge is 0.256 e. The Morgan fingerprint density at radius 3 is 2.88 bits per heavy atom. The van der Waals surface area contributed by atoms with E-state index in [1.54, 1.807) is 25.2 Å². The number of aliphatic hydroxyl groups excluding tert-OH is 1. The molecule has 164 valence electrons. The van der Waals surface area contributed by atoms with Crippen LogP contribution in [0.3, 0.4) is 0 Å². The Kier molecular flexibility index (Phi) is 6.50. The van der Waals surface area contributed by atoms with Gasteiger partial charge in [-0.15, -0.1) is 0 Å². The maximum absolute atomic E-state index is 13.0. The lowest BCUT2D eigenvalue weighted by Gasteiger charge is -2.26. The number of carbonyl (C=O) groups is 1. The van der Waals surface area contributed by atoms with Gasteiger partial charge in [0.1, 0.15) is 46.4 Å². The summed E-state index contributed by atoms with van der Waals surface area (Å²) in [6.45, 7) is 0. The molecule has 13 heteroatoms. The first-order valence-electron chi connectivity index (χ1n) is 10.6. The zero-order valence-corrected chi connectivity index (χ0v) is 18.2. The van der Waals surface area contributed by atoms with Crippen molar-refractivity contribution in [3.63, 3.8) is 0 Å². The van der Waals surface area contributed by atoms with Crippen LogP contribution in [0.1, 0.15) is 36.0 Å². The second-order valence-electron chi connectivity index (χ2n) is 8.00. The van der Waals surface area contributed by atoms with Crippen molar-refractivity contribution in [2.24, 2.45) is 0 Å². The lowest BCUT2D eigenvalue weighted by atomic mass is 9.52. The SMILES string of the molecule is [B]C([B])([B])Oc1ncccc1Nc1cc(NC)n2ncc(C(=O)N[C@H]3CCC[C@H](O)C3)c2n1. The third-order valence-electron chi connectivity index (χ3n) is 5.26. The number of pyridine rings is 1. The molecule has 3 heterocycles. The van der Waals surface area contributed by atoms with E-state index in [1.807, 2.05) is 0 Å². The number of nitrogens with one attached hydrogen (secondary N) is 3. The fraction of sp³-hybridized carbons (Fsp3) is 0.400. The minimum absolute atomic E-state index is 0.0833. The maximum atomic E-state index is 13.0. The highest BCUT2D eigenvalue weighted by Gasteiger charge is 2.24. The van der Waals surface area contributed by atoms with Gasteiger partial charge in [0.25, 0.3) is 5.91 Å². The predicted octanol–water partition coefficient (Wildman–Crippen LogP) is 0.438. The van der Waals surface area contributed by atoms with Gasteiger partial charge in [0.05, 0.1) is 12.3 Å². The van der Waals surface area contributed by atoms with Gasteiger partial charge in [0.2, 0.25) is 5.88 Å². The summed E-state index contributed by atoms with van der Waals surface area (Å²) in [7, 11) is 18.4. The number of hydrogen-bond acceptors (Lipinski definition) is 8. The number of fused-ring (bicyclic) bond motifs is 1. The molecule has 1 fully saturated rings.